The standard InChI is InChI=1S/C20H18F2N6O3/c1-12(29)28-10-14(11-28)26-18-9-23-8-17(27-18)13-6-24-20(25-7-13)31-16-4-2-3-15(5-16)30-19(21)22/h2-9,14,19H,10-11H2,1H3,(H,26,27). The molecule has 0 aliphatic carbocycles. The summed E-state index contributed by atoms with van der Waals surface area (Å²) in [5.41, 5.74) is 1.18. The van der Waals surface area contributed by atoms with E-state index in [-0.39, 0.29) is 29.5 Å². The second-order valence-electron chi connectivity index (χ2n) is 6.76. The molecule has 160 valence electrons. The SMILES string of the molecule is CC(=O)N1CC(Nc2cncc(-c3cnc(Oc4cccc(OC(F)F)c4)nc3)n2)C1. The predicted octanol–water partition coefficient (Wildman–Crippen LogP) is 2.97. The van der Waals surface area contributed by atoms with Crippen LogP contribution in [-0.2, 0) is 4.79 Å². The van der Waals surface area contributed by atoms with Gasteiger partial charge in [-0.3, -0.25) is 9.78 Å². The number of hydrogen-bond acceptors (Lipinski definition) is 8. The summed E-state index contributed by atoms with van der Waals surface area (Å²) in [6, 6.07) is 5.97. The quantitative estimate of drug-likeness (QED) is 0.613. The molecule has 11 heteroatoms. The van der Waals surface area contributed by atoms with E-state index in [2.05, 4.69) is 30.0 Å². The zero-order valence-electron chi connectivity index (χ0n) is 16.4. The van der Waals surface area contributed by atoms with Gasteiger partial charge in [0, 0.05) is 44.0 Å². The number of carbonyl (C=O) groups excluding carboxylic acids is 1. The summed E-state index contributed by atoms with van der Waals surface area (Å²) >= 11 is 0. The van der Waals surface area contributed by atoms with Crippen LogP contribution >= 0.6 is 0 Å². The predicted molar refractivity (Wildman–Crippen MR) is 106 cm³/mol. The highest BCUT2D eigenvalue weighted by atomic mass is 19.3. The smallest absolute Gasteiger partial charge is 0.387 e. The first-order valence-electron chi connectivity index (χ1n) is 9.35. The molecular weight excluding hydrogens is 410 g/mol. The van der Waals surface area contributed by atoms with E-state index in [1.807, 2.05) is 0 Å². The zero-order valence-corrected chi connectivity index (χ0v) is 16.4. The molecule has 0 saturated carbocycles. The van der Waals surface area contributed by atoms with E-state index in [1.54, 1.807) is 23.4 Å². The number of hydrogen-bond donors (Lipinski definition) is 1. The van der Waals surface area contributed by atoms with E-state index in [1.165, 1.54) is 37.5 Å². The van der Waals surface area contributed by atoms with E-state index in [0.717, 1.165) is 0 Å². The van der Waals surface area contributed by atoms with Crippen molar-refractivity contribution in [1.29, 1.82) is 0 Å². The normalized spacial score (nSPS) is 13.6. The Morgan fingerprint density at radius 2 is 1.90 bits per heavy atom. The fourth-order valence-corrected chi connectivity index (χ4v) is 2.93. The maximum Gasteiger partial charge on any atom is 0.387 e. The molecule has 1 N–H and O–H groups in total. The molecule has 0 spiro atoms. The van der Waals surface area contributed by atoms with Crippen molar-refractivity contribution >= 4 is 11.7 Å². The first kappa shape index (κ1) is 20.4. The molecule has 0 atom stereocenters. The van der Waals surface area contributed by atoms with Crippen LogP contribution in [0, 0.1) is 0 Å². The molecule has 1 aromatic carbocycles. The van der Waals surface area contributed by atoms with Gasteiger partial charge in [-0.2, -0.15) is 8.78 Å². The van der Waals surface area contributed by atoms with Crippen LogP contribution in [0.1, 0.15) is 6.92 Å². The average molecular weight is 428 g/mol. The number of ether oxygens (including phenoxy) is 2. The van der Waals surface area contributed by atoms with Gasteiger partial charge in [-0.05, 0) is 12.1 Å². The van der Waals surface area contributed by atoms with Crippen LogP contribution in [0.2, 0.25) is 0 Å². The van der Waals surface area contributed by atoms with Gasteiger partial charge in [0.1, 0.15) is 17.3 Å². The molecule has 1 aliphatic heterocycles. The minimum atomic E-state index is -2.92. The van der Waals surface area contributed by atoms with Gasteiger partial charge < -0.3 is 19.7 Å². The summed E-state index contributed by atoms with van der Waals surface area (Å²) in [6.45, 7) is -0.132. The van der Waals surface area contributed by atoms with Gasteiger partial charge in [0.25, 0.3) is 0 Å². The number of likely N-dealkylation sites (tertiary alicyclic amines) is 1. The lowest BCUT2D eigenvalue weighted by atomic mass is 10.1. The molecule has 31 heavy (non-hydrogen) atoms. The Kier molecular flexibility index (Phi) is 5.83. The molecule has 1 aliphatic rings. The zero-order chi connectivity index (χ0) is 21.8. The third-order valence-corrected chi connectivity index (χ3v) is 4.48. The molecular formula is C20H18F2N6O3. The van der Waals surface area contributed by atoms with Gasteiger partial charge in [0.2, 0.25) is 5.91 Å². The average Bonchev–Trinajstić information content (AvgIpc) is 2.71. The molecule has 3 heterocycles. The van der Waals surface area contributed by atoms with Gasteiger partial charge in [0.05, 0.1) is 24.1 Å². The Labute approximate surface area is 176 Å². The molecule has 0 radical (unpaired) electrons. The minimum Gasteiger partial charge on any atom is -0.435 e. The second-order valence-corrected chi connectivity index (χ2v) is 6.76. The lowest BCUT2D eigenvalue weighted by Gasteiger charge is -2.39. The molecule has 0 bridgehead atoms. The van der Waals surface area contributed by atoms with Crippen molar-refractivity contribution in [3.63, 3.8) is 0 Å². The van der Waals surface area contributed by atoms with E-state index in [4.69, 9.17) is 4.74 Å². The van der Waals surface area contributed by atoms with E-state index in [9.17, 15) is 13.6 Å². The van der Waals surface area contributed by atoms with Crippen molar-refractivity contribution in [3.05, 3.63) is 49.1 Å². The van der Waals surface area contributed by atoms with Crippen LogP contribution in [0.3, 0.4) is 0 Å². The van der Waals surface area contributed by atoms with Crippen molar-refractivity contribution in [2.75, 3.05) is 18.4 Å². The maximum atomic E-state index is 12.3. The number of alkyl halides is 2. The summed E-state index contributed by atoms with van der Waals surface area (Å²) in [4.78, 5) is 30.0. The number of benzene rings is 1. The van der Waals surface area contributed by atoms with Crippen LogP contribution in [0.5, 0.6) is 17.5 Å². The highest BCUT2D eigenvalue weighted by Crippen LogP contribution is 2.25. The molecule has 1 amide bonds. The van der Waals surface area contributed by atoms with Gasteiger partial charge in [-0.1, -0.05) is 6.07 Å². The summed E-state index contributed by atoms with van der Waals surface area (Å²) in [7, 11) is 0. The first-order valence-corrected chi connectivity index (χ1v) is 9.35. The Balaban J connectivity index is 1.40. The van der Waals surface area contributed by atoms with Crippen LogP contribution < -0.4 is 14.8 Å². The van der Waals surface area contributed by atoms with Crippen molar-refractivity contribution in [2.45, 2.75) is 19.6 Å². The number of rotatable bonds is 7. The molecule has 4 rings (SSSR count). The van der Waals surface area contributed by atoms with Crippen LogP contribution in [0.15, 0.2) is 49.1 Å². The summed E-state index contributed by atoms with van der Waals surface area (Å²) in [5, 5.41) is 3.24. The largest absolute Gasteiger partial charge is 0.435 e. The monoisotopic (exact) mass is 428 g/mol. The van der Waals surface area contributed by atoms with E-state index >= 15 is 0 Å². The lowest BCUT2D eigenvalue weighted by molar-refractivity contribution is -0.132. The molecule has 3 aromatic rings. The molecule has 9 nitrogen and oxygen atoms in total. The minimum absolute atomic E-state index is 0.0263. The van der Waals surface area contributed by atoms with Crippen molar-refractivity contribution in [1.82, 2.24) is 24.8 Å². The van der Waals surface area contributed by atoms with Gasteiger partial charge in [-0.15, -0.1) is 0 Å². The van der Waals surface area contributed by atoms with Crippen LogP contribution in [0.4, 0.5) is 14.6 Å². The molecule has 2 aromatic heterocycles. The highest BCUT2D eigenvalue weighted by molar-refractivity contribution is 5.74. The topological polar surface area (TPSA) is 102 Å². The fourth-order valence-electron chi connectivity index (χ4n) is 2.93. The fraction of sp³-hybridized carbons (Fsp3) is 0.250. The number of aromatic nitrogens is 4. The lowest BCUT2D eigenvalue weighted by Crippen LogP contribution is -2.56. The Morgan fingerprint density at radius 3 is 2.61 bits per heavy atom. The first-order chi connectivity index (χ1) is 15.0. The number of nitrogens with zero attached hydrogens (tertiary/aromatic N) is 5. The molecule has 1 saturated heterocycles. The number of carbonyl (C=O) groups is 1. The number of anilines is 1. The summed E-state index contributed by atoms with van der Waals surface area (Å²) < 4.78 is 34.5. The summed E-state index contributed by atoms with van der Waals surface area (Å²) in [5.74, 6) is 0.867. The van der Waals surface area contributed by atoms with Crippen molar-refractivity contribution in [3.8, 4) is 28.8 Å². The maximum absolute atomic E-state index is 12.3. The van der Waals surface area contributed by atoms with Crippen LogP contribution in [-0.4, -0.2) is 56.5 Å². The Bertz CT molecular complexity index is 1060. The number of halogens is 2. The van der Waals surface area contributed by atoms with Gasteiger partial charge >= 0.3 is 12.6 Å². The number of nitrogens with one attached hydrogen (secondary N) is 1. The Morgan fingerprint density at radius 1 is 1.16 bits per heavy atom. The van der Waals surface area contributed by atoms with Crippen molar-refractivity contribution < 1.29 is 23.0 Å². The molecule has 1 fully saturated rings. The van der Waals surface area contributed by atoms with E-state index in [0.29, 0.717) is 30.2 Å². The third-order valence-electron chi connectivity index (χ3n) is 4.48. The van der Waals surface area contributed by atoms with Gasteiger partial charge in [0.15, 0.2) is 0 Å². The summed E-state index contributed by atoms with van der Waals surface area (Å²) in [6.07, 6.45) is 6.23. The van der Waals surface area contributed by atoms with Gasteiger partial charge in [-0.25, -0.2) is 15.0 Å². The Hall–Kier alpha value is -3.89. The molecule has 0 unspecified atom stereocenters. The highest BCUT2D eigenvalue weighted by Gasteiger charge is 2.28. The van der Waals surface area contributed by atoms with Crippen LogP contribution in [0.25, 0.3) is 11.3 Å². The number of amides is 1. The van der Waals surface area contributed by atoms with E-state index < -0.39 is 6.61 Å². The van der Waals surface area contributed by atoms with Crippen molar-refractivity contribution in [2.24, 2.45) is 0 Å². The second kappa shape index (κ2) is 8.86. The third kappa shape index (κ3) is 5.18.